The molecule has 0 aliphatic carbocycles. The predicted molar refractivity (Wildman–Crippen MR) is 276 cm³/mol. The Kier molecular flexibility index (Phi) is 8.41. The van der Waals surface area contributed by atoms with Crippen LogP contribution in [0.4, 0.5) is 17.1 Å². The molecule has 0 unspecified atom stereocenters. The normalized spacial score (nSPS) is 13.2. The molecule has 3 heteroatoms. The fourth-order valence-electron chi connectivity index (χ4n) is 10.9. The van der Waals surface area contributed by atoms with Gasteiger partial charge in [-0.1, -0.05) is 187 Å². The van der Waals surface area contributed by atoms with Gasteiger partial charge in [-0.15, -0.1) is 0 Å². The molecule has 0 bridgehead atoms. The average Bonchev–Trinajstić information content (AvgIpc) is 3.65. The summed E-state index contributed by atoms with van der Waals surface area (Å²) in [7, 11) is 0. The van der Waals surface area contributed by atoms with Gasteiger partial charge in [-0.25, -0.2) is 0 Å². The topological polar surface area (TPSA) is 8.17 Å². The van der Waals surface area contributed by atoms with Gasteiger partial charge in [0.25, 0.3) is 0 Å². The number of rotatable bonds is 4. The summed E-state index contributed by atoms with van der Waals surface area (Å²) < 4.78 is 2.69. The molecule has 0 saturated heterocycles. The third kappa shape index (κ3) is 5.87. The minimum atomic E-state index is -0.0624. The van der Waals surface area contributed by atoms with Crippen LogP contribution in [0.2, 0.25) is 0 Å². The van der Waals surface area contributed by atoms with Gasteiger partial charge in [0.05, 0.1) is 0 Å². The molecular weight excluding hydrogens is 771 g/mol. The first-order valence-corrected chi connectivity index (χ1v) is 22.9. The Morgan fingerprint density at radius 2 is 1.03 bits per heavy atom. The van der Waals surface area contributed by atoms with Gasteiger partial charge >= 0.3 is 6.85 Å². The van der Waals surface area contributed by atoms with Crippen molar-refractivity contribution in [3.8, 4) is 44.5 Å². The quantitative estimate of drug-likeness (QED) is 0.161. The van der Waals surface area contributed by atoms with Crippen molar-refractivity contribution in [3.63, 3.8) is 0 Å². The number of nitrogens with zero attached hydrogens (tertiary/aromatic N) is 2. The Labute approximate surface area is 377 Å². The molecular formula is C61H51BN2. The fraction of sp³-hybridized carbons (Fsp3) is 0.148. The number of hydrogen-bond acceptors (Lipinski definition) is 1. The van der Waals surface area contributed by atoms with Crippen molar-refractivity contribution in [3.05, 3.63) is 199 Å². The van der Waals surface area contributed by atoms with Gasteiger partial charge < -0.3 is 9.38 Å². The first-order chi connectivity index (χ1) is 30.9. The Morgan fingerprint density at radius 1 is 0.438 bits per heavy atom. The summed E-state index contributed by atoms with van der Waals surface area (Å²) in [5, 5.41) is 5.20. The number of hydrogen-bond donors (Lipinski definition) is 0. The van der Waals surface area contributed by atoms with E-state index in [1.165, 1.54) is 116 Å². The van der Waals surface area contributed by atoms with E-state index in [0.29, 0.717) is 0 Å². The van der Waals surface area contributed by atoms with Crippen LogP contribution in [0.15, 0.2) is 182 Å². The highest BCUT2D eigenvalue weighted by Gasteiger charge is 2.43. The van der Waals surface area contributed by atoms with Crippen LogP contribution in [0.25, 0.3) is 77.1 Å². The molecule has 2 nitrogen and oxygen atoms in total. The molecule has 0 radical (unpaired) electrons. The van der Waals surface area contributed by atoms with Crippen molar-refractivity contribution in [2.75, 3.05) is 4.90 Å². The number of aryl methyl sites for hydroxylation is 1. The Bertz CT molecular complexity index is 3500. The number of fused-ring (bicyclic) bond motifs is 9. The minimum absolute atomic E-state index is 0.0624. The number of aromatic nitrogens is 1. The lowest BCUT2D eigenvalue weighted by atomic mass is 9.44. The monoisotopic (exact) mass is 822 g/mol. The molecule has 64 heavy (non-hydrogen) atoms. The Balaban J connectivity index is 1.15. The zero-order valence-electron chi connectivity index (χ0n) is 37.8. The predicted octanol–water partition coefficient (Wildman–Crippen LogP) is 15.3. The largest absolute Gasteiger partial charge is 0.375 e. The van der Waals surface area contributed by atoms with E-state index in [0.717, 1.165) is 5.69 Å². The maximum absolute atomic E-state index is 2.69. The van der Waals surface area contributed by atoms with Crippen molar-refractivity contribution in [1.82, 2.24) is 4.48 Å². The summed E-state index contributed by atoms with van der Waals surface area (Å²) in [6.07, 6.45) is 0. The van der Waals surface area contributed by atoms with Crippen molar-refractivity contribution in [2.45, 2.75) is 59.3 Å². The molecule has 9 aromatic carbocycles. The molecule has 3 heterocycles. The highest BCUT2D eigenvalue weighted by atomic mass is 15.2. The lowest BCUT2D eigenvalue weighted by molar-refractivity contribution is 0.590. The van der Waals surface area contributed by atoms with Gasteiger partial charge in [0.2, 0.25) is 0 Å². The van der Waals surface area contributed by atoms with E-state index in [4.69, 9.17) is 0 Å². The second-order valence-corrected chi connectivity index (χ2v) is 20.2. The van der Waals surface area contributed by atoms with Crippen molar-refractivity contribution in [2.24, 2.45) is 0 Å². The maximum Gasteiger partial charge on any atom is 0.333 e. The molecule has 0 N–H and O–H groups in total. The summed E-state index contributed by atoms with van der Waals surface area (Å²) in [4.78, 5) is 2.55. The summed E-state index contributed by atoms with van der Waals surface area (Å²) in [6, 6.07) is 69.3. The van der Waals surface area contributed by atoms with Crippen molar-refractivity contribution >= 4 is 67.4 Å². The van der Waals surface area contributed by atoms with Crippen LogP contribution in [0.1, 0.15) is 58.2 Å². The summed E-state index contributed by atoms with van der Waals surface area (Å²) >= 11 is 0. The molecule has 10 aromatic rings. The standard InChI is InChI=1S/C61H51BN2/c1-38-13-8-10-15-48(38)44-35-52-50-17-12-18-51-57-49-16-11-9-14-42(49)25-34-55(57)64(59(50)51)62-53-36-43(41-21-29-46(30-22-41)61(5,6)7)26-33-54(53)63(56(37-44)58(52)62)47-31-23-40(24-32-47)39-19-27-45(28-20-39)60(2,3)4/h8-37H,1-7H3. The van der Waals surface area contributed by atoms with Crippen LogP contribution in [-0.2, 0) is 10.8 Å². The first-order valence-electron chi connectivity index (χ1n) is 22.9. The van der Waals surface area contributed by atoms with Crippen LogP contribution < -0.4 is 15.8 Å². The Hall–Kier alpha value is -7.10. The molecule has 0 fully saturated rings. The Morgan fingerprint density at radius 3 is 1.72 bits per heavy atom. The molecule has 12 rings (SSSR count). The number of para-hydroxylation sites is 1. The average molecular weight is 823 g/mol. The second kappa shape index (κ2) is 14.0. The zero-order chi connectivity index (χ0) is 43.6. The van der Waals surface area contributed by atoms with Gasteiger partial charge in [-0.2, -0.15) is 0 Å². The smallest absolute Gasteiger partial charge is 0.333 e. The molecule has 0 spiro atoms. The number of benzene rings is 9. The van der Waals surface area contributed by atoms with Crippen LogP contribution in [0.3, 0.4) is 0 Å². The van der Waals surface area contributed by atoms with Crippen LogP contribution in [-0.4, -0.2) is 11.3 Å². The maximum atomic E-state index is 2.69. The molecule has 2 aliphatic heterocycles. The molecule has 0 saturated carbocycles. The van der Waals surface area contributed by atoms with Gasteiger partial charge in [-0.3, -0.25) is 0 Å². The van der Waals surface area contributed by atoms with E-state index in [1.807, 2.05) is 0 Å². The molecule has 0 amide bonds. The van der Waals surface area contributed by atoms with Crippen molar-refractivity contribution in [1.29, 1.82) is 0 Å². The molecule has 1 aromatic heterocycles. The highest BCUT2D eigenvalue weighted by molar-refractivity contribution is 6.90. The van der Waals surface area contributed by atoms with E-state index < -0.39 is 0 Å². The third-order valence-electron chi connectivity index (χ3n) is 14.2. The van der Waals surface area contributed by atoms with Gasteiger partial charge in [0.1, 0.15) is 0 Å². The van der Waals surface area contributed by atoms with E-state index in [-0.39, 0.29) is 17.7 Å². The summed E-state index contributed by atoms with van der Waals surface area (Å²) in [5.41, 5.74) is 22.9. The lowest BCUT2D eigenvalue weighted by Crippen LogP contribution is -2.56. The van der Waals surface area contributed by atoms with Crippen LogP contribution >= 0.6 is 0 Å². The minimum Gasteiger partial charge on any atom is -0.375 e. The van der Waals surface area contributed by atoms with Gasteiger partial charge in [0, 0.05) is 44.4 Å². The fourth-order valence-corrected chi connectivity index (χ4v) is 10.9. The highest BCUT2D eigenvalue weighted by Crippen LogP contribution is 2.48. The van der Waals surface area contributed by atoms with Gasteiger partial charge in [0.15, 0.2) is 0 Å². The van der Waals surface area contributed by atoms with Crippen LogP contribution in [0.5, 0.6) is 0 Å². The summed E-state index contributed by atoms with van der Waals surface area (Å²) in [6.45, 7) is 15.9. The zero-order valence-corrected chi connectivity index (χ0v) is 37.8. The number of anilines is 3. The SMILES string of the molecule is Cc1ccccc1-c1cc2c3c(c1)N(c1ccc(-c4ccc(C(C)(C)C)cc4)cc1)c1ccc(-c4ccc(C(C)(C)C)cc4)cc1B3n1c3ccc4ccccc4c3c3cccc-2c31. The van der Waals surface area contributed by atoms with Crippen LogP contribution in [0, 0.1) is 6.92 Å². The van der Waals surface area contributed by atoms with E-state index >= 15 is 0 Å². The van der Waals surface area contributed by atoms with E-state index in [2.05, 4.69) is 240 Å². The molecule has 0 atom stereocenters. The second-order valence-electron chi connectivity index (χ2n) is 20.2. The van der Waals surface area contributed by atoms with Gasteiger partial charge in [-0.05, 0) is 131 Å². The molecule has 2 aliphatic rings. The van der Waals surface area contributed by atoms with E-state index in [1.54, 1.807) is 0 Å². The first kappa shape index (κ1) is 38.6. The van der Waals surface area contributed by atoms with Crippen molar-refractivity contribution < 1.29 is 0 Å². The third-order valence-corrected chi connectivity index (χ3v) is 14.2. The summed E-state index contributed by atoms with van der Waals surface area (Å²) in [5.74, 6) is 0. The molecule has 308 valence electrons. The lowest BCUT2D eigenvalue weighted by Gasteiger charge is -2.41. The van der Waals surface area contributed by atoms with E-state index in [9.17, 15) is 0 Å².